The summed E-state index contributed by atoms with van der Waals surface area (Å²) in [6.45, 7) is 0.177. The van der Waals surface area contributed by atoms with Gasteiger partial charge in [0.2, 0.25) is 5.28 Å². The summed E-state index contributed by atoms with van der Waals surface area (Å²) in [6.07, 6.45) is 2.72. The van der Waals surface area contributed by atoms with E-state index in [1.165, 1.54) is 17.8 Å². The second kappa shape index (κ2) is 5.46. The first-order valence-electron chi connectivity index (χ1n) is 7.04. The van der Waals surface area contributed by atoms with E-state index >= 15 is 0 Å². The van der Waals surface area contributed by atoms with E-state index in [4.69, 9.17) is 11.6 Å². The van der Waals surface area contributed by atoms with E-state index in [1.807, 2.05) is 0 Å². The van der Waals surface area contributed by atoms with Crippen molar-refractivity contribution >= 4 is 33.6 Å². The molecule has 3 rings (SSSR count). The molecule has 126 valence electrons. The molecule has 0 bridgehead atoms. The highest BCUT2D eigenvalue weighted by atomic mass is 35.5. The minimum Gasteiger partial charge on any atom is -0.323 e. The fourth-order valence-electron chi connectivity index (χ4n) is 3.09. The standard InChI is InChI=1S/C12H16ClN5O4S/c1-18-8(6-14-10(18)13)23(21,22)15-5-7-2-3-12(4-7)9(19)16-11(20)17-12/h6-7,15H,2-5H2,1H3,(H2,16,17,19,20). The third-order valence-electron chi connectivity index (χ3n) is 4.36. The van der Waals surface area contributed by atoms with Gasteiger partial charge >= 0.3 is 6.03 Å². The minimum absolute atomic E-state index is 0.0258. The lowest BCUT2D eigenvalue weighted by molar-refractivity contribution is -0.123. The highest BCUT2D eigenvalue weighted by Crippen LogP contribution is 2.36. The summed E-state index contributed by atoms with van der Waals surface area (Å²) < 4.78 is 28.3. The number of sulfonamides is 1. The van der Waals surface area contributed by atoms with E-state index < -0.39 is 21.6 Å². The van der Waals surface area contributed by atoms with E-state index in [-0.39, 0.29) is 28.7 Å². The van der Waals surface area contributed by atoms with Crippen LogP contribution in [0.1, 0.15) is 19.3 Å². The Morgan fingerprint density at radius 3 is 2.83 bits per heavy atom. The predicted octanol–water partition coefficient (Wildman–Crippen LogP) is -0.270. The summed E-state index contributed by atoms with van der Waals surface area (Å²) in [6, 6.07) is -0.499. The summed E-state index contributed by atoms with van der Waals surface area (Å²) >= 11 is 5.75. The van der Waals surface area contributed by atoms with Gasteiger partial charge in [-0.25, -0.2) is 22.9 Å². The second-order valence-electron chi connectivity index (χ2n) is 5.88. The van der Waals surface area contributed by atoms with Crippen LogP contribution in [-0.4, -0.2) is 42.0 Å². The molecule has 2 fully saturated rings. The summed E-state index contributed by atoms with van der Waals surface area (Å²) in [5.41, 5.74) is -0.900. The molecule has 1 aliphatic carbocycles. The van der Waals surface area contributed by atoms with Crippen molar-refractivity contribution in [1.29, 1.82) is 0 Å². The topological polar surface area (TPSA) is 122 Å². The van der Waals surface area contributed by atoms with Crippen molar-refractivity contribution in [2.75, 3.05) is 6.54 Å². The van der Waals surface area contributed by atoms with Gasteiger partial charge in [0, 0.05) is 13.6 Å². The number of halogens is 1. The first kappa shape index (κ1) is 16.2. The highest BCUT2D eigenvalue weighted by Gasteiger charge is 2.50. The van der Waals surface area contributed by atoms with Crippen LogP contribution in [0.2, 0.25) is 5.28 Å². The molecular weight excluding hydrogens is 346 g/mol. The van der Waals surface area contributed by atoms with Crippen LogP contribution in [0.3, 0.4) is 0 Å². The smallest absolute Gasteiger partial charge is 0.322 e. The van der Waals surface area contributed by atoms with Crippen molar-refractivity contribution in [3.8, 4) is 0 Å². The molecule has 1 spiro atoms. The van der Waals surface area contributed by atoms with Crippen LogP contribution in [-0.2, 0) is 21.9 Å². The van der Waals surface area contributed by atoms with Gasteiger partial charge in [0.05, 0.1) is 6.20 Å². The number of imide groups is 1. The zero-order valence-electron chi connectivity index (χ0n) is 12.3. The average Bonchev–Trinajstić information content (AvgIpc) is 3.10. The Morgan fingerprint density at radius 2 is 2.26 bits per heavy atom. The van der Waals surface area contributed by atoms with Crippen molar-refractivity contribution in [2.45, 2.75) is 29.8 Å². The van der Waals surface area contributed by atoms with Gasteiger partial charge < -0.3 is 9.88 Å². The molecule has 2 aliphatic rings. The first-order valence-corrected chi connectivity index (χ1v) is 8.90. The molecule has 0 aromatic carbocycles. The van der Waals surface area contributed by atoms with E-state index in [0.717, 1.165) is 0 Å². The van der Waals surface area contributed by atoms with Crippen LogP contribution in [0, 0.1) is 5.92 Å². The van der Waals surface area contributed by atoms with Gasteiger partial charge in [0.15, 0.2) is 5.03 Å². The Labute approximate surface area is 137 Å². The highest BCUT2D eigenvalue weighted by molar-refractivity contribution is 7.89. The normalized spacial score (nSPS) is 27.5. The zero-order valence-corrected chi connectivity index (χ0v) is 13.9. The number of hydrogen-bond acceptors (Lipinski definition) is 5. The molecule has 11 heteroatoms. The Kier molecular flexibility index (Phi) is 3.85. The monoisotopic (exact) mass is 361 g/mol. The number of hydrogen-bond donors (Lipinski definition) is 3. The summed E-state index contributed by atoms with van der Waals surface area (Å²) in [4.78, 5) is 26.9. The number of amides is 3. The molecule has 1 aromatic rings. The molecular formula is C12H16ClN5O4S. The molecule has 23 heavy (non-hydrogen) atoms. The Bertz CT molecular complexity index is 776. The van der Waals surface area contributed by atoms with Crippen LogP contribution in [0.15, 0.2) is 11.2 Å². The van der Waals surface area contributed by atoms with Gasteiger partial charge in [-0.3, -0.25) is 10.1 Å². The van der Waals surface area contributed by atoms with Gasteiger partial charge in [0.25, 0.3) is 15.9 Å². The number of nitrogens with zero attached hydrogens (tertiary/aromatic N) is 2. The lowest BCUT2D eigenvalue weighted by Gasteiger charge is -2.19. The molecule has 2 unspecified atom stereocenters. The fraction of sp³-hybridized carbons (Fsp3) is 0.583. The van der Waals surface area contributed by atoms with Crippen molar-refractivity contribution in [1.82, 2.24) is 24.9 Å². The van der Waals surface area contributed by atoms with Gasteiger partial charge in [-0.05, 0) is 36.8 Å². The van der Waals surface area contributed by atoms with E-state index in [0.29, 0.717) is 19.3 Å². The Morgan fingerprint density at radius 1 is 1.52 bits per heavy atom. The SMILES string of the molecule is Cn1c(S(=O)(=O)NCC2CCC3(C2)NC(=O)NC3=O)cnc1Cl. The minimum atomic E-state index is -3.74. The molecule has 1 aromatic heterocycles. The summed E-state index contributed by atoms with van der Waals surface area (Å²) in [7, 11) is -2.23. The zero-order chi connectivity index (χ0) is 16.8. The Balaban J connectivity index is 1.65. The molecule has 1 saturated heterocycles. The summed E-state index contributed by atoms with van der Waals surface area (Å²) in [5.74, 6) is -0.385. The predicted molar refractivity (Wildman–Crippen MR) is 80.2 cm³/mol. The number of urea groups is 1. The summed E-state index contributed by atoms with van der Waals surface area (Å²) in [5, 5.41) is 4.92. The van der Waals surface area contributed by atoms with Crippen LogP contribution in [0.5, 0.6) is 0 Å². The Hall–Kier alpha value is -1.65. The maximum absolute atomic E-state index is 12.3. The van der Waals surface area contributed by atoms with E-state index in [9.17, 15) is 18.0 Å². The van der Waals surface area contributed by atoms with Gasteiger partial charge in [-0.1, -0.05) is 0 Å². The molecule has 9 nitrogen and oxygen atoms in total. The fourth-order valence-corrected chi connectivity index (χ4v) is 4.52. The maximum atomic E-state index is 12.3. The third kappa shape index (κ3) is 2.81. The number of imidazole rings is 1. The molecule has 2 heterocycles. The number of carbonyl (C=O) groups excluding carboxylic acids is 2. The van der Waals surface area contributed by atoms with Crippen LogP contribution >= 0.6 is 11.6 Å². The molecule has 1 saturated carbocycles. The molecule has 0 radical (unpaired) electrons. The number of carbonyl (C=O) groups is 2. The van der Waals surface area contributed by atoms with Crippen LogP contribution in [0.25, 0.3) is 0 Å². The van der Waals surface area contributed by atoms with Crippen molar-refractivity contribution in [3.05, 3.63) is 11.5 Å². The number of rotatable bonds is 4. The second-order valence-corrected chi connectivity index (χ2v) is 7.93. The van der Waals surface area contributed by atoms with Crippen molar-refractivity contribution in [2.24, 2.45) is 13.0 Å². The lowest BCUT2D eigenvalue weighted by Crippen LogP contribution is -2.44. The first-order chi connectivity index (χ1) is 10.7. The number of aromatic nitrogens is 2. The van der Waals surface area contributed by atoms with Crippen LogP contribution < -0.4 is 15.4 Å². The van der Waals surface area contributed by atoms with Crippen molar-refractivity contribution < 1.29 is 18.0 Å². The molecule has 3 amide bonds. The number of nitrogens with one attached hydrogen (secondary N) is 3. The molecule has 2 atom stereocenters. The van der Waals surface area contributed by atoms with Crippen LogP contribution in [0.4, 0.5) is 4.79 Å². The van der Waals surface area contributed by atoms with Gasteiger partial charge in [0.1, 0.15) is 5.54 Å². The maximum Gasteiger partial charge on any atom is 0.322 e. The van der Waals surface area contributed by atoms with Gasteiger partial charge in [-0.2, -0.15) is 0 Å². The van der Waals surface area contributed by atoms with Crippen molar-refractivity contribution in [3.63, 3.8) is 0 Å². The molecule has 1 aliphatic heterocycles. The van der Waals surface area contributed by atoms with Gasteiger partial charge in [-0.15, -0.1) is 0 Å². The van der Waals surface area contributed by atoms with E-state index in [2.05, 4.69) is 20.3 Å². The third-order valence-corrected chi connectivity index (χ3v) is 6.19. The van der Waals surface area contributed by atoms with E-state index in [1.54, 1.807) is 0 Å². The largest absolute Gasteiger partial charge is 0.323 e. The quantitative estimate of drug-likeness (QED) is 0.637. The lowest BCUT2D eigenvalue weighted by atomic mass is 9.96. The average molecular weight is 362 g/mol. The molecule has 3 N–H and O–H groups in total.